The number of rotatable bonds is 2. The van der Waals surface area contributed by atoms with Crippen molar-refractivity contribution in [1.29, 1.82) is 0 Å². The number of piperidine rings is 2. The zero-order chi connectivity index (χ0) is 12.6. The largest absolute Gasteiger partial charge is 0.385 e. The van der Waals surface area contributed by atoms with Crippen molar-refractivity contribution < 1.29 is 5.11 Å². The first kappa shape index (κ1) is 11.9. The second-order valence-electron chi connectivity index (χ2n) is 5.78. The van der Waals surface area contributed by atoms with E-state index in [1.807, 2.05) is 30.3 Å². The number of benzene rings is 1. The van der Waals surface area contributed by atoms with Crippen LogP contribution in [0.15, 0.2) is 36.9 Å². The van der Waals surface area contributed by atoms with E-state index in [2.05, 4.69) is 11.9 Å². The van der Waals surface area contributed by atoms with Crippen LogP contribution in [0.25, 0.3) is 5.57 Å². The van der Waals surface area contributed by atoms with Crippen molar-refractivity contribution in [2.75, 3.05) is 0 Å². The van der Waals surface area contributed by atoms with E-state index < -0.39 is 5.60 Å². The molecule has 18 heavy (non-hydrogen) atoms. The molecular weight excluding hydrogens is 222 g/mol. The molecule has 0 amide bonds. The summed E-state index contributed by atoms with van der Waals surface area (Å²) in [7, 11) is 0. The Labute approximate surface area is 109 Å². The molecule has 2 heterocycles. The second kappa shape index (κ2) is 4.52. The van der Waals surface area contributed by atoms with E-state index in [4.69, 9.17) is 0 Å². The quantitative estimate of drug-likeness (QED) is 0.837. The predicted molar refractivity (Wildman–Crippen MR) is 74.2 cm³/mol. The molecule has 0 aliphatic carbocycles. The Morgan fingerprint density at radius 3 is 2.39 bits per heavy atom. The highest BCUT2D eigenvalue weighted by atomic mass is 16.3. The first-order valence-corrected chi connectivity index (χ1v) is 6.91. The third kappa shape index (κ3) is 2.11. The lowest BCUT2D eigenvalue weighted by atomic mass is 9.72. The van der Waals surface area contributed by atoms with Gasteiger partial charge in [0.1, 0.15) is 0 Å². The average Bonchev–Trinajstić information content (AvgIpc) is 2.38. The number of nitrogens with one attached hydrogen (secondary N) is 1. The maximum Gasteiger partial charge on any atom is 0.0926 e. The lowest BCUT2D eigenvalue weighted by molar-refractivity contribution is 0.0180. The van der Waals surface area contributed by atoms with E-state index >= 15 is 0 Å². The minimum absolute atomic E-state index is 0.461. The summed E-state index contributed by atoms with van der Waals surface area (Å²) >= 11 is 0. The van der Waals surface area contributed by atoms with Gasteiger partial charge in [-0.2, -0.15) is 0 Å². The molecular formula is C16H21NO. The van der Waals surface area contributed by atoms with Crippen molar-refractivity contribution in [2.45, 2.75) is 49.8 Å². The van der Waals surface area contributed by atoms with Gasteiger partial charge in [-0.15, -0.1) is 0 Å². The van der Waals surface area contributed by atoms with Crippen molar-refractivity contribution in [1.82, 2.24) is 5.32 Å². The molecule has 2 heteroatoms. The molecule has 96 valence electrons. The van der Waals surface area contributed by atoms with Crippen LogP contribution in [0.1, 0.15) is 37.7 Å². The van der Waals surface area contributed by atoms with Gasteiger partial charge in [0, 0.05) is 12.1 Å². The van der Waals surface area contributed by atoms with E-state index in [-0.39, 0.29) is 0 Å². The molecule has 1 aromatic carbocycles. The normalized spacial score (nSPS) is 35.2. The summed E-state index contributed by atoms with van der Waals surface area (Å²) < 4.78 is 0. The van der Waals surface area contributed by atoms with Crippen LogP contribution in [-0.2, 0) is 0 Å². The molecule has 2 atom stereocenters. The Hall–Kier alpha value is -1.12. The Morgan fingerprint density at radius 2 is 1.78 bits per heavy atom. The molecule has 1 aromatic rings. The maximum atomic E-state index is 11.0. The second-order valence-corrected chi connectivity index (χ2v) is 5.78. The monoisotopic (exact) mass is 243 g/mol. The lowest BCUT2D eigenvalue weighted by Crippen LogP contribution is -2.55. The van der Waals surface area contributed by atoms with Crippen LogP contribution in [0.3, 0.4) is 0 Å². The van der Waals surface area contributed by atoms with Crippen molar-refractivity contribution in [3.63, 3.8) is 0 Å². The Balaban J connectivity index is 1.84. The van der Waals surface area contributed by atoms with Gasteiger partial charge in [0.15, 0.2) is 0 Å². The van der Waals surface area contributed by atoms with Gasteiger partial charge in [0.05, 0.1) is 5.60 Å². The zero-order valence-corrected chi connectivity index (χ0v) is 10.7. The fourth-order valence-electron chi connectivity index (χ4n) is 3.49. The average molecular weight is 243 g/mol. The Kier molecular flexibility index (Phi) is 3.00. The zero-order valence-electron chi connectivity index (χ0n) is 10.7. The van der Waals surface area contributed by atoms with Gasteiger partial charge >= 0.3 is 0 Å². The van der Waals surface area contributed by atoms with Crippen LogP contribution in [0.2, 0.25) is 0 Å². The fraction of sp³-hybridized carbons (Fsp3) is 0.500. The first-order chi connectivity index (χ1) is 8.67. The molecule has 0 aromatic heterocycles. The topological polar surface area (TPSA) is 32.3 Å². The summed E-state index contributed by atoms with van der Waals surface area (Å²) in [4.78, 5) is 0. The van der Waals surface area contributed by atoms with E-state index in [9.17, 15) is 5.11 Å². The highest BCUT2D eigenvalue weighted by Gasteiger charge is 2.42. The Morgan fingerprint density at radius 1 is 1.17 bits per heavy atom. The van der Waals surface area contributed by atoms with E-state index in [0.29, 0.717) is 12.1 Å². The number of hydrogen-bond acceptors (Lipinski definition) is 2. The lowest BCUT2D eigenvalue weighted by Gasteiger charge is -2.46. The molecule has 2 nitrogen and oxygen atoms in total. The van der Waals surface area contributed by atoms with Crippen molar-refractivity contribution in [2.24, 2.45) is 0 Å². The Bertz CT molecular complexity index is 428. The van der Waals surface area contributed by atoms with Gasteiger partial charge in [-0.1, -0.05) is 43.3 Å². The summed E-state index contributed by atoms with van der Waals surface area (Å²) in [6.45, 7) is 4.17. The fourth-order valence-corrected chi connectivity index (χ4v) is 3.49. The molecule has 0 saturated carbocycles. The maximum absolute atomic E-state index is 11.0. The summed E-state index contributed by atoms with van der Waals surface area (Å²) in [5.41, 5.74) is 1.24. The summed E-state index contributed by atoms with van der Waals surface area (Å²) in [5, 5.41) is 14.6. The first-order valence-electron chi connectivity index (χ1n) is 6.91. The van der Waals surface area contributed by atoms with Gasteiger partial charge in [0.25, 0.3) is 0 Å². The summed E-state index contributed by atoms with van der Waals surface area (Å²) in [6.07, 6.45) is 5.26. The molecule has 0 radical (unpaired) electrons. The number of hydrogen-bond donors (Lipinski definition) is 2. The van der Waals surface area contributed by atoms with Crippen LogP contribution in [-0.4, -0.2) is 22.8 Å². The minimum Gasteiger partial charge on any atom is -0.385 e. The van der Waals surface area contributed by atoms with Crippen molar-refractivity contribution >= 4 is 5.57 Å². The summed E-state index contributed by atoms with van der Waals surface area (Å²) in [6, 6.07) is 11.0. The summed E-state index contributed by atoms with van der Waals surface area (Å²) in [5.74, 6) is 0. The van der Waals surface area contributed by atoms with E-state index in [1.165, 1.54) is 19.3 Å². The smallest absolute Gasteiger partial charge is 0.0926 e. The van der Waals surface area contributed by atoms with Gasteiger partial charge in [-0.05, 0) is 36.8 Å². The van der Waals surface area contributed by atoms with Crippen LogP contribution in [0.4, 0.5) is 0 Å². The minimum atomic E-state index is -0.720. The van der Waals surface area contributed by atoms with Crippen LogP contribution in [0, 0.1) is 0 Å². The molecule has 2 saturated heterocycles. The van der Waals surface area contributed by atoms with Crippen molar-refractivity contribution in [3.8, 4) is 0 Å². The molecule has 2 unspecified atom stereocenters. The molecule has 2 bridgehead atoms. The number of fused-ring (bicyclic) bond motifs is 2. The van der Waals surface area contributed by atoms with E-state index in [1.54, 1.807) is 0 Å². The standard InChI is InChI=1S/C16H21NO/c1-12(13-6-3-2-4-7-13)16(18)10-14-8-5-9-15(11-16)17-14/h2-4,6-7,14-15,17-18H,1,5,8-11H2. The SMILES string of the molecule is C=C(c1ccccc1)C1(O)CC2CCCC(C1)N2. The highest BCUT2D eigenvalue weighted by molar-refractivity contribution is 5.70. The molecule has 2 aliphatic rings. The molecule has 3 rings (SSSR count). The predicted octanol–water partition coefficient (Wildman–Crippen LogP) is 2.74. The number of aliphatic hydroxyl groups is 1. The van der Waals surface area contributed by atoms with E-state index in [0.717, 1.165) is 24.0 Å². The van der Waals surface area contributed by atoms with Gasteiger partial charge in [-0.25, -0.2) is 0 Å². The van der Waals surface area contributed by atoms with Gasteiger partial charge in [-0.3, -0.25) is 0 Å². The van der Waals surface area contributed by atoms with Gasteiger partial charge < -0.3 is 10.4 Å². The third-order valence-electron chi connectivity index (χ3n) is 4.43. The van der Waals surface area contributed by atoms with Crippen LogP contribution < -0.4 is 5.32 Å². The molecule has 2 fully saturated rings. The highest BCUT2D eigenvalue weighted by Crippen LogP contribution is 2.40. The van der Waals surface area contributed by atoms with Crippen LogP contribution >= 0.6 is 0 Å². The molecule has 0 spiro atoms. The van der Waals surface area contributed by atoms with Crippen LogP contribution in [0.5, 0.6) is 0 Å². The third-order valence-corrected chi connectivity index (χ3v) is 4.43. The molecule has 2 N–H and O–H groups in total. The molecule has 2 aliphatic heterocycles. The van der Waals surface area contributed by atoms with Gasteiger partial charge in [0.2, 0.25) is 0 Å². The van der Waals surface area contributed by atoms with Crippen molar-refractivity contribution in [3.05, 3.63) is 42.5 Å².